The minimum atomic E-state index is -3.60. The first-order chi connectivity index (χ1) is 14.4. The number of pyridine rings is 1. The molecule has 0 spiro atoms. The molecule has 1 aliphatic rings. The number of nitrogens with one attached hydrogen (secondary N) is 2. The van der Waals surface area contributed by atoms with Crippen molar-refractivity contribution >= 4 is 44.3 Å². The van der Waals surface area contributed by atoms with E-state index in [2.05, 4.69) is 20.2 Å². The third-order valence-corrected chi connectivity index (χ3v) is 7.43. The molecule has 1 aromatic carbocycles. The number of aromatic nitrogens is 2. The van der Waals surface area contributed by atoms with Crippen molar-refractivity contribution in [2.24, 2.45) is 0 Å². The molecule has 1 fully saturated rings. The molecule has 8 nitrogen and oxygen atoms in total. The topological polar surface area (TPSA) is 98.4 Å². The molecule has 1 amide bonds. The van der Waals surface area contributed by atoms with E-state index in [-0.39, 0.29) is 10.8 Å². The Morgan fingerprint density at radius 2 is 1.90 bits per heavy atom. The minimum Gasteiger partial charge on any atom is -0.345 e. The summed E-state index contributed by atoms with van der Waals surface area (Å²) in [6, 6.07) is 10.6. The number of hydrogen-bond donors (Lipinski definition) is 2. The number of fused-ring (bicyclic) bond motifs is 1. The van der Waals surface area contributed by atoms with Gasteiger partial charge in [-0.05, 0) is 24.3 Å². The number of H-pyrrole nitrogens is 1. The number of piperazine rings is 1. The molecule has 0 saturated carbocycles. The van der Waals surface area contributed by atoms with Gasteiger partial charge in [-0.3, -0.25) is 4.79 Å². The molecule has 30 heavy (non-hydrogen) atoms. The van der Waals surface area contributed by atoms with Gasteiger partial charge in [0.05, 0.1) is 10.7 Å². The van der Waals surface area contributed by atoms with Crippen LogP contribution in [0.1, 0.15) is 6.42 Å². The van der Waals surface area contributed by atoms with Gasteiger partial charge in [0.15, 0.2) is 0 Å². The summed E-state index contributed by atoms with van der Waals surface area (Å²) in [5.41, 5.74) is 1.15. The van der Waals surface area contributed by atoms with Crippen LogP contribution < -0.4 is 5.32 Å². The minimum absolute atomic E-state index is 0.121. The van der Waals surface area contributed by atoms with Gasteiger partial charge in [0, 0.05) is 56.9 Å². The lowest BCUT2D eigenvalue weighted by molar-refractivity contribution is -0.116. The molecule has 0 radical (unpaired) electrons. The van der Waals surface area contributed by atoms with E-state index in [1.807, 2.05) is 6.07 Å². The molecular weight excluding hydrogens is 426 g/mol. The van der Waals surface area contributed by atoms with Crippen LogP contribution in [0.3, 0.4) is 0 Å². The predicted molar refractivity (Wildman–Crippen MR) is 116 cm³/mol. The molecule has 1 aliphatic heterocycles. The fraction of sp³-hybridized carbons (Fsp3) is 0.300. The normalized spacial score (nSPS) is 16.0. The Morgan fingerprint density at radius 3 is 2.67 bits per heavy atom. The van der Waals surface area contributed by atoms with E-state index in [0.717, 1.165) is 0 Å². The van der Waals surface area contributed by atoms with Gasteiger partial charge >= 0.3 is 0 Å². The van der Waals surface area contributed by atoms with E-state index in [1.165, 1.54) is 10.5 Å². The van der Waals surface area contributed by atoms with E-state index < -0.39 is 10.0 Å². The highest BCUT2D eigenvalue weighted by atomic mass is 35.5. The van der Waals surface area contributed by atoms with Crippen molar-refractivity contribution in [2.45, 2.75) is 11.3 Å². The summed E-state index contributed by atoms with van der Waals surface area (Å²) in [7, 11) is -3.60. The first-order valence-corrected chi connectivity index (χ1v) is 11.5. The van der Waals surface area contributed by atoms with Crippen molar-refractivity contribution in [1.82, 2.24) is 19.2 Å². The van der Waals surface area contributed by atoms with Gasteiger partial charge in [0.25, 0.3) is 0 Å². The van der Waals surface area contributed by atoms with Gasteiger partial charge in [-0.2, -0.15) is 4.31 Å². The molecule has 0 atom stereocenters. The summed E-state index contributed by atoms with van der Waals surface area (Å²) in [5.74, 6) is -0.121. The molecule has 0 bridgehead atoms. The summed E-state index contributed by atoms with van der Waals surface area (Å²) in [6.45, 7) is 2.45. The molecular formula is C20H22ClN5O3S. The largest absolute Gasteiger partial charge is 0.345 e. The number of para-hydroxylation sites is 1. The zero-order chi connectivity index (χ0) is 21.1. The number of anilines is 1. The average molecular weight is 448 g/mol. The predicted octanol–water partition coefficient (Wildman–Crippen LogP) is 2.55. The number of amides is 1. The summed E-state index contributed by atoms with van der Waals surface area (Å²) in [5, 5.41) is 3.90. The SMILES string of the molecule is O=C(CCN1CCN(S(=O)(=O)c2c[nH]c3ncccc23)CC1)Nc1ccccc1Cl. The van der Waals surface area contributed by atoms with Gasteiger partial charge < -0.3 is 15.2 Å². The Morgan fingerprint density at radius 1 is 1.13 bits per heavy atom. The summed E-state index contributed by atoms with van der Waals surface area (Å²) in [4.78, 5) is 21.6. The Balaban J connectivity index is 1.31. The fourth-order valence-electron chi connectivity index (χ4n) is 3.51. The lowest BCUT2D eigenvalue weighted by atomic mass is 10.3. The second-order valence-electron chi connectivity index (χ2n) is 7.08. The smallest absolute Gasteiger partial charge is 0.245 e. The molecule has 1 saturated heterocycles. The Labute approximate surface area is 179 Å². The van der Waals surface area contributed by atoms with Crippen LogP contribution in [0.2, 0.25) is 5.02 Å². The number of carbonyl (C=O) groups is 1. The van der Waals surface area contributed by atoms with E-state index in [0.29, 0.717) is 60.9 Å². The van der Waals surface area contributed by atoms with Crippen LogP contribution in [0.15, 0.2) is 53.7 Å². The average Bonchev–Trinajstić information content (AvgIpc) is 3.19. The van der Waals surface area contributed by atoms with E-state index in [4.69, 9.17) is 11.6 Å². The molecule has 0 unspecified atom stereocenters. The van der Waals surface area contributed by atoms with Crippen molar-refractivity contribution in [3.63, 3.8) is 0 Å². The van der Waals surface area contributed by atoms with Gasteiger partial charge in [0.1, 0.15) is 10.5 Å². The number of benzene rings is 1. The highest BCUT2D eigenvalue weighted by Gasteiger charge is 2.30. The number of hydrogen-bond acceptors (Lipinski definition) is 5. The zero-order valence-corrected chi connectivity index (χ0v) is 17.8. The lowest BCUT2D eigenvalue weighted by Gasteiger charge is -2.33. The maximum atomic E-state index is 13.1. The molecule has 2 N–H and O–H groups in total. The van der Waals surface area contributed by atoms with Crippen molar-refractivity contribution in [2.75, 3.05) is 38.0 Å². The molecule has 158 valence electrons. The van der Waals surface area contributed by atoms with Crippen LogP contribution in [-0.2, 0) is 14.8 Å². The molecule has 0 aliphatic carbocycles. The molecule has 4 rings (SSSR count). The third-order valence-electron chi connectivity index (χ3n) is 5.17. The maximum Gasteiger partial charge on any atom is 0.245 e. The van der Waals surface area contributed by atoms with Gasteiger partial charge in [-0.1, -0.05) is 23.7 Å². The van der Waals surface area contributed by atoms with Crippen molar-refractivity contribution in [3.8, 4) is 0 Å². The number of aromatic amines is 1. The van der Waals surface area contributed by atoms with E-state index in [9.17, 15) is 13.2 Å². The molecule has 3 aromatic rings. The summed E-state index contributed by atoms with van der Waals surface area (Å²) < 4.78 is 27.6. The standard InChI is InChI=1S/C20H22ClN5O3S/c21-16-5-1-2-6-17(16)24-19(27)7-9-25-10-12-26(13-11-25)30(28,29)18-14-23-20-15(18)4-3-8-22-20/h1-6,8,14H,7,9-13H2,(H,22,23)(H,24,27). The number of nitrogens with zero attached hydrogens (tertiary/aromatic N) is 3. The number of carbonyl (C=O) groups excluding carboxylic acids is 1. The first-order valence-electron chi connectivity index (χ1n) is 9.64. The van der Waals surface area contributed by atoms with Crippen molar-refractivity contribution < 1.29 is 13.2 Å². The number of rotatable bonds is 6. The van der Waals surface area contributed by atoms with Gasteiger partial charge in [-0.15, -0.1) is 0 Å². The van der Waals surface area contributed by atoms with Gasteiger partial charge in [-0.25, -0.2) is 13.4 Å². The molecule has 2 aromatic heterocycles. The third kappa shape index (κ3) is 4.34. The second-order valence-corrected chi connectivity index (χ2v) is 9.39. The van der Waals surface area contributed by atoms with Crippen molar-refractivity contribution in [1.29, 1.82) is 0 Å². The zero-order valence-electron chi connectivity index (χ0n) is 16.2. The first kappa shape index (κ1) is 20.8. The van der Waals surface area contributed by atoms with Crippen LogP contribution in [0.25, 0.3) is 11.0 Å². The molecule has 10 heteroatoms. The highest BCUT2D eigenvalue weighted by Crippen LogP contribution is 2.25. The molecule has 3 heterocycles. The summed E-state index contributed by atoms with van der Waals surface area (Å²) >= 11 is 6.06. The van der Waals surface area contributed by atoms with Crippen LogP contribution in [0.5, 0.6) is 0 Å². The maximum absolute atomic E-state index is 13.1. The monoisotopic (exact) mass is 447 g/mol. The lowest BCUT2D eigenvalue weighted by Crippen LogP contribution is -2.49. The second kappa shape index (κ2) is 8.73. The van der Waals surface area contributed by atoms with Crippen LogP contribution in [0.4, 0.5) is 5.69 Å². The van der Waals surface area contributed by atoms with E-state index >= 15 is 0 Å². The fourth-order valence-corrected chi connectivity index (χ4v) is 5.27. The Kier molecular flexibility index (Phi) is 6.05. The number of sulfonamides is 1. The number of halogens is 1. The van der Waals surface area contributed by atoms with Crippen molar-refractivity contribution in [3.05, 3.63) is 53.8 Å². The summed E-state index contributed by atoms with van der Waals surface area (Å²) in [6.07, 6.45) is 3.43. The van der Waals surface area contributed by atoms with Crippen LogP contribution in [-0.4, -0.2) is 66.2 Å². The van der Waals surface area contributed by atoms with E-state index in [1.54, 1.807) is 36.5 Å². The van der Waals surface area contributed by atoms with Gasteiger partial charge in [0.2, 0.25) is 15.9 Å². The highest BCUT2D eigenvalue weighted by molar-refractivity contribution is 7.89. The quantitative estimate of drug-likeness (QED) is 0.605. The van der Waals surface area contributed by atoms with Crippen LogP contribution in [0, 0.1) is 0 Å². The Bertz CT molecular complexity index is 1160. The Hall–Kier alpha value is -2.46. The van der Waals surface area contributed by atoms with Crippen LogP contribution >= 0.6 is 11.6 Å².